The molecule has 0 aromatic heterocycles. The molecule has 2 heterocycles. The van der Waals surface area contributed by atoms with E-state index in [-0.39, 0.29) is 17.6 Å². The Morgan fingerprint density at radius 1 is 1.30 bits per heavy atom. The minimum absolute atomic E-state index is 0.0311. The number of hydrogen-bond donors (Lipinski definition) is 0. The van der Waals surface area contributed by atoms with Gasteiger partial charge in [-0.15, -0.1) is 0 Å². The van der Waals surface area contributed by atoms with Crippen molar-refractivity contribution in [1.29, 1.82) is 0 Å². The van der Waals surface area contributed by atoms with Crippen molar-refractivity contribution in [1.82, 2.24) is 4.90 Å². The summed E-state index contributed by atoms with van der Waals surface area (Å²) in [4.78, 5) is 36.4. The van der Waals surface area contributed by atoms with Crippen molar-refractivity contribution in [2.24, 2.45) is 5.92 Å². The lowest BCUT2D eigenvalue weighted by Crippen LogP contribution is -2.46. The second kappa shape index (κ2) is 5.52. The summed E-state index contributed by atoms with van der Waals surface area (Å²) in [6.07, 6.45) is 2.01. The molecule has 0 spiro atoms. The molecule has 2 aliphatic heterocycles. The number of nitrogens with zero attached hydrogens (tertiary/aromatic N) is 1. The first-order chi connectivity index (χ1) is 9.49. The van der Waals surface area contributed by atoms with Crippen molar-refractivity contribution >= 4 is 17.8 Å². The van der Waals surface area contributed by atoms with Gasteiger partial charge in [0, 0.05) is 12.8 Å². The maximum Gasteiger partial charge on any atom is 0.373 e. The third-order valence-electron chi connectivity index (χ3n) is 3.62. The summed E-state index contributed by atoms with van der Waals surface area (Å²) in [6.45, 7) is 1.36. The molecular formula is C13H17NO6. The van der Waals surface area contributed by atoms with Crippen molar-refractivity contribution in [3.8, 4) is 0 Å². The SMILES string of the molecule is COC(=O)C1=CCC2CC(C(=O)OC)N(C(C)=O)C2O1. The summed E-state index contributed by atoms with van der Waals surface area (Å²) in [5.74, 6) is -1.31. The van der Waals surface area contributed by atoms with E-state index in [1.54, 1.807) is 6.08 Å². The van der Waals surface area contributed by atoms with Crippen LogP contribution < -0.4 is 0 Å². The third kappa shape index (κ3) is 2.35. The molecule has 3 unspecified atom stereocenters. The number of fused-ring (bicyclic) bond motifs is 1. The third-order valence-corrected chi connectivity index (χ3v) is 3.62. The number of hydrogen-bond acceptors (Lipinski definition) is 6. The van der Waals surface area contributed by atoms with Gasteiger partial charge in [-0.05, 0) is 18.9 Å². The molecule has 7 heteroatoms. The number of allylic oxidation sites excluding steroid dienone is 1. The summed E-state index contributed by atoms with van der Waals surface area (Å²) >= 11 is 0. The van der Waals surface area contributed by atoms with E-state index in [1.807, 2.05) is 0 Å². The van der Waals surface area contributed by atoms with Crippen LogP contribution in [-0.4, -0.2) is 49.2 Å². The second-order valence-corrected chi connectivity index (χ2v) is 4.77. The molecule has 1 amide bonds. The van der Waals surface area contributed by atoms with Crippen molar-refractivity contribution < 1.29 is 28.6 Å². The zero-order valence-corrected chi connectivity index (χ0v) is 11.6. The van der Waals surface area contributed by atoms with Crippen LogP contribution in [0.3, 0.4) is 0 Å². The Morgan fingerprint density at radius 3 is 2.55 bits per heavy atom. The molecule has 0 aromatic rings. The topological polar surface area (TPSA) is 82.1 Å². The molecule has 0 radical (unpaired) electrons. The fourth-order valence-corrected chi connectivity index (χ4v) is 2.70. The van der Waals surface area contributed by atoms with E-state index in [4.69, 9.17) is 9.47 Å². The van der Waals surface area contributed by atoms with E-state index in [1.165, 1.54) is 26.0 Å². The number of methoxy groups -OCH3 is 2. The smallest absolute Gasteiger partial charge is 0.373 e. The van der Waals surface area contributed by atoms with Crippen molar-refractivity contribution in [2.75, 3.05) is 14.2 Å². The molecule has 3 atom stereocenters. The molecule has 110 valence electrons. The summed E-state index contributed by atoms with van der Waals surface area (Å²) in [6, 6.07) is -0.669. The van der Waals surface area contributed by atoms with Crippen molar-refractivity contribution in [3.63, 3.8) is 0 Å². The Labute approximate surface area is 116 Å². The standard InChI is InChI=1S/C13H17NO6/c1-7(15)14-9(12(16)18-2)6-8-4-5-10(13(17)19-3)20-11(8)14/h5,8-9,11H,4,6H2,1-3H3. The van der Waals surface area contributed by atoms with Crippen LogP contribution in [0.5, 0.6) is 0 Å². The minimum atomic E-state index is -0.669. The molecule has 1 fully saturated rings. The normalized spacial score (nSPS) is 28.1. The van der Waals surface area contributed by atoms with Gasteiger partial charge < -0.3 is 14.2 Å². The highest BCUT2D eigenvalue weighted by atomic mass is 16.6. The summed E-state index contributed by atoms with van der Waals surface area (Å²) < 4.78 is 14.9. The van der Waals surface area contributed by atoms with Gasteiger partial charge in [0.2, 0.25) is 11.7 Å². The first-order valence-electron chi connectivity index (χ1n) is 6.31. The molecule has 0 saturated carbocycles. The van der Waals surface area contributed by atoms with E-state index in [0.29, 0.717) is 12.8 Å². The van der Waals surface area contributed by atoms with Crippen molar-refractivity contribution in [3.05, 3.63) is 11.8 Å². The molecule has 20 heavy (non-hydrogen) atoms. The summed E-state index contributed by atoms with van der Waals surface area (Å²) in [5.41, 5.74) is 0. The van der Waals surface area contributed by atoms with Crippen LogP contribution in [0.25, 0.3) is 0 Å². The van der Waals surface area contributed by atoms with Gasteiger partial charge in [0.15, 0.2) is 6.23 Å². The van der Waals surface area contributed by atoms with E-state index in [2.05, 4.69) is 4.74 Å². The van der Waals surface area contributed by atoms with Gasteiger partial charge in [0.05, 0.1) is 14.2 Å². The van der Waals surface area contributed by atoms with Gasteiger partial charge in [-0.3, -0.25) is 9.69 Å². The van der Waals surface area contributed by atoms with E-state index in [0.717, 1.165) is 0 Å². The number of rotatable bonds is 2. The first kappa shape index (κ1) is 14.4. The quantitative estimate of drug-likeness (QED) is 0.673. The highest BCUT2D eigenvalue weighted by Gasteiger charge is 2.49. The monoisotopic (exact) mass is 283 g/mol. The Kier molecular flexibility index (Phi) is 3.96. The fraction of sp³-hybridized carbons (Fsp3) is 0.615. The van der Waals surface area contributed by atoms with Gasteiger partial charge >= 0.3 is 11.9 Å². The maximum atomic E-state index is 11.8. The van der Waals surface area contributed by atoms with E-state index < -0.39 is 24.2 Å². The van der Waals surface area contributed by atoms with Crippen LogP contribution in [0, 0.1) is 5.92 Å². The highest BCUT2D eigenvalue weighted by Crippen LogP contribution is 2.38. The number of carbonyl (C=O) groups excluding carboxylic acids is 3. The van der Waals surface area contributed by atoms with Gasteiger partial charge in [-0.25, -0.2) is 9.59 Å². The van der Waals surface area contributed by atoms with Crippen LogP contribution in [0.15, 0.2) is 11.8 Å². The Hall–Kier alpha value is -2.05. The number of ether oxygens (including phenoxy) is 3. The predicted octanol–water partition coefficient (Wildman–Crippen LogP) is 0.200. The molecule has 2 aliphatic rings. The van der Waals surface area contributed by atoms with Gasteiger partial charge in [-0.2, -0.15) is 0 Å². The summed E-state index contributed by atoms with van der Waals surface area (Å²) in [5, 5.41) is 0. The maximum absolute atomic E-state index is 11.8. The Bertz CT molecular complexity index is 471. The minimum Gasteiger partial charge on any atom is -0.467 e. The molecule has 0 bridgehead atoms. The average molecular weight is 283 g/mol. The van der Waals surface area contributed by atoms with Crippen molar-refractivity contribution in [2.45, 2.75) is 32.0 Å². The van der Waals surface area contributed by atoms with Crippen LogP contribution in [0.2, 0.25) is 0 Å². The molecule has 7 nitrogen and oxygen atoms in total. The van der Waals surface area contributed by atoms with E-state index in [9.17, 15) is 14.4 Å². The zero-order chi connectivity index (χ0) is 14.9. The Morgan fingerprint density at radius 2 is 2.00 bits per heavy atom. The Balaban J connectivity index is 2.22. The number of amides is 1. The predicted molar refractivity (Wildman–Crippen MR) is 66.0 cm³/mol. The molecule has 1 saturated heterocycles. The highest BCUT2D eigenvalue weighted by molar-refractivity contribution is 5.87. The van der Waals surface area contributed by atoms with Gasteiger partial charge in [-0.1, -0.05) is 0 Å². The lowest BCUT2D eigenvalue weighted by molar-refractivity contribution is -0.160. The van der Waals surface area contributed by atoms with Crippen LogP contribution in [0.4, 0.5) is 0 Å². The molecule has 0 N–H and O–H groups in total. The van der Waals surface area contributed by atoms with Crippen LogP contribution in [0.1, 0.15) is 19.8 Å². The summed E-state index contributed by atoms with van der Waals surface area (Å²) in [7, 11) is 2.54. The number of carbonyl (C=O) groups is 3. The average Bonchev–Trinajstić information content (AvgIpc) is 2.83. The lowest BCUT2D eigenvalue weighted by atomic mass is 9.98. The van der Waals surface area contributed by atoms with Gasteiger partial charge in [0.1, 0.15) is 6.04 Å². The second-order valence-electron chi connectivity index (χ2n) is 4.77. The molecular weight excluding hydrogens is 266 g/mol. The van der Waals surface area contributed by atoms with Gasteiger partial charge in [0.25, 0.3) is 0 Å². The number of likely N-dealkylation sites (tertiary alicyclic amines) is 1. The molecule has 0 aliphatic carbocycles. The fourth-order valence-electron chi connectivity index (χ4n) is 2.70. The molecule has 2 rings (SSSR count). The zero-order valence-electron chi connectivity index (χ0n) is 11.6. The van der Waals surface area contributed by atoms with Crippen LogP contribution in [-0.2, 0) is 28.6 Å². The largest absolute Gasteiger partial charge is 0.467 e. The van der Waals surface area contributed by atoms with Crippen LogP contribution >= 0.6 is 0 Å². The van der Waals surface area contributed by atoms with E-state index >= 15 is 0 Å². The first-order valence-corrected chi connectivity index (χ1v) is 6.31. The molecule has 0 aromatic carbocycles. The number of esters is 2. The lowest BCUT2D eigenvalue weighted by Gasteiger charge is -2.32.